The summed E-state index contributed by atoms with van der Waals surface area (Å²) < 4.78 is 36.5. The van der Waals surface area contributed by atoms with Crippen molar-refractivity contribution >= 4 is 42.6 Å². The van der Waals surface area contributed by atoms with Crippen LogP contribution in [0.2, 0.25) is 0 Å². The van der Waals surface area contributed by atoms with Crippen LogP contribution >= 0.6 is 11.3 Å². The normalized spacial score (nSPS) is 19.6. The Bertz CT molecular complexity index is 818. The average Bonchev–Trinajstić information content (AvgIpc) is 2.91. The number of sulfonamides is 1. The van der Waals surface area contributed by atoms with Crippen molar-refractivity contribution in [2.75, 3.05) is 17.2 Å². The monoisotopic (exact) mass is 329 g/mol. The molecule has 0 radical (unpaired) electrons. The molecule has 1 aromatic heterocycles. The van der Waals surface area contributed by atoms with Crippen molar-refractivity contribution in [1.29, 1.82) is 0 Å². The van der Waals surface area contributed by atoms with E-state index >= 15 is 0 Å². The average molecular weight is 329 g/mol. The minimum Gasteiger partial charge on any atom is -0.288 e. The van der Waals surface area contributed by atoms with Crippen LogP contribution in [-0.2, 0) is 14.8 Å². The van der Waals surface area contributed by atoms with Gasteiger partial charge in [-0.3, -0.25) is 9.69 Å². The number of rotatable bonds is 3. The van der Waals surface area contributed by atoms with E-state index in [0.717, 1.165) is 0 Å². The standard InChI is InChI=1S/C12H12FN3O3S2/c13-8-2-1-3-9-11(8)15-12(20-9)16-5-7(4-10(16)17)6-21(14,18)19/h1-3,7H,4-6H2,(H2,14,18,19). The van der Waals surface area contributed by atoms with E-state index in [1.54, 1.807) is 12.1 Å². The quantitative estimate of drug-likeness (QED) is 0.912. The van der Waals surface area contributed by atoms with Crippen molar-refractivity contribution in [3.05, 3.63) is 24.0 Å². The van der Waals surface area contributed by atoms with Gasteiger partial charge in [0.1, 0.15) is 11.3 Å². The molecule has 2 heterocycles. The van der Waals surface area contributed by atoms with Crippen molar-refractivity contribution in [2.24, 2.45) is 11.1 Å². The number of anilines is 1. The van der Waals surface area contributed by atoms with Crippen molar-refractivity contribution in [2.45, 2.75) is 6.42 Å². The third kappa shape index (κ3) is 2.89. The lowest BCUT2D eigenvalue weighted by molar-refractivity contribution is -0.117. The molecule has 1 amide bonds. The Labute approximate surface area is 124 Å². The summed E-state index contributed by atoms with van der Waals surface area (Å²) in [6.07, 6.45) is 0.106. The highest BCUT2D eigenvalue weighted by Crippen LogP contribution is 2.33. The van der Waals surface area contributed by atoms with Gasteiger partial charge in [0, 0.05) is 18.9 Å². The van der Waals surface area contributed by atoms with Crippen LogP contribution in [0.1, 0.15) is 6.42 Å². The van der Waals surface area contributed by atoms with Gasteiger partial charge in [-0.2, -0.15) is 0 Å². The SMILES string of the molecule is NS(=O)(=O)CC1CC(=O)N(c2nc3c(F)cccc3s2)C1. The summed E-state index contributed by atoms with van der Waals surface area (Å²) in [6, 6.07) is 4.61. The number of nitrogens with zero attached hydrogens (tertiary/aromatic N) is 2. The van der Waals surface area contributed by atoms with Gasteiger partial charge in [-0.1, -0.05) is 17.4 Å². The lowest BCUT2D eigenvalue weighted by atomic mass is 10.1. The van der Waals surface area contributed by atoms with Gasteiger partial charge in [0.2, 0.25) is 15.9 Å². The fourth-order valence-electron chi connectivity index (χ4n) is 2.43. The van der Waals surface area contributed by atoms with Gasteiger partial charge < -0.3 is 0 Å². The number of carbonyl (C=O) groups excluding carboxylic acids is 1. The number of benzene rings is 1. The number of hydrogen-bond acceptors (Lipinski definition) is 5. The van der Waals surface area contributed by atoms with Crippen LogP contribution in [0.5, 0.6) is 0 Å². The molecule has 3 rings (SSSR count). The molecule has 0 saturated carbocycles. The number of para-hydroxylation sites is 1. The van der Waals surface area contributed by atoms with E-state index in [2.05, 4.69) is 4.98 Å². The Hall–Kier alpha value is -1.58. The van der Waals surface area contributed by atoms with Crippen LogP contribution in [-0.4, -0.2) is 31.6 Å². The lowest BCUT2D eigenvalue weighted by Crippen LogP contribution is -2.27. The minimum absolute atomic E-state index is 0.106. The molecule has 0 spiro atoms. The van der Waals surface area contributed by atoms with Crippen molar-refractivity contribution in [3.63, 3.8) is 0 Å². The number of halogens is 1. The molecule has 1 saturated heterocycles. The van der Waals surface area contributed by atoms with Crippen molar-refractivity contribution in [1.82, 2.24) is 4.98 Å². The van der Waals surface area contributed by atoms with Gasteiger partial charge in [0.15, 0.2) is 5.13 Å². The summed E-state index contributed by atoms with van der Waals surface area (Å²) in [7, 11) is -3.62. The van der Waals surface area contributed by atoms with Crippen LogP contribution in [0.15, 0.2) is 18.2 Å². The number of carbonyl (C=O) groups is 1. The van der Waals surface area contributed by atoms with Crippen LogP contribution in [0.25, 0.3) is 10.2 Å². The second kappa shape index (κ2) is 5.00. The summed E-state index contributed by atoms with van der Waals surface area (Å²) in [5.74, 6) is -1.26. The molecule has 6 nitrogen and oxygen atoms in total. The van der Waals surface area contributed by atoms with Gasteiger partial charge in [-0.15, -0.1) is 0 Å². The van der Waals surface area contributed by atoms with E-state index in [0.29, 0.717) is 9.83 Å². The second-order valence-electron chi connectivity index (χ2n) is 4.99. The zero-order valence-corrected chi connectivity index (χ0v) is 12.5. The van der Waals surface area contributed by atoms with E-state index in [9.17, 15) is 17.6 Å². The molecule has 1 fully saturated rings. The molecule has 1 atom stereocenters. The first-order valence-corrected chi connectivity index (χ1v) is 8.72. The van der Waals surface area contributed by atoms with E-state index in [4.69, 9.17) is 5.14 Å². The molecule has 1 unspecified atom stereocenters. The fraction of sp³-hybridized carbons (Fsp3) is 0.333. The van der Waals surface area contributed by atoms with Crippen molar-refractivity contribution in [3.8, 4) is 0 Å². The molecule has 0 bridgehead atoms. The maximum Gasteiger partial charge on any atom is 0.229 e. The second-order valence-corrected chi connectivity index (χ2v) is 7.66. The van der Waals surface area contributed by atoms with Crippen LogP contribution in [0, 0.1) is 11.7 Å². The van der Waals surface area contributed by atoms with Gasteiger partial charge >= 0.3 is 0 Å². The molecule has 9 heteroatoms. The third-order valence-corrected chi connectivity index (χ3v) is 5.24. The summed E-state index contributed by atoms with van der Waals surface area (Å²) in [4.78, 5) is 17.5. The molecule has 2 aromatic rings. The van der Waals surface area contributed by atoms with Gasteiger partial charge in [0.05, 0.1) is 10.5 Å². The lowest BCUT2D eigenvalue weighted by Gasteiger charge is -2.12. The number of nitrogens with two attached hydrogens (primary N) is 1. The Balaban J connectivity index is 1.89. The third-order valence-electron chi connectivity index (χ3n) is 3.26. The number of hydrogen-bond donors (Lipinski definition) is 1. The molecule has 1 aromatic carbocycles. The zero-order valence-electron chi connectivity index (χ0n) is 10.8. The summed E-state index contributed by atoms with van der Waals surface area (Å²) >= 11 is 1.21. The van der Waals surface area contributed by atoms with Gasteiger partial charge in [0.25, 0.3) is 0 Å². The highest BCUT2D eigenvalue weighted by Gasteiger charge is 2.34. The minimum atomic E-state index is -3.62. The smallest absolute Gasteiger partial charge is 0.229 e. The van der Waals surface area contributed by atoms with E-state index in [-0.39, 0.29) is 36.1 Å². The first-order chi connectivity index (χ1) is 9.83. The Morgan fingerprint density at radius 1 is 1.48 bits per heavy atom. The van der Waals surface area contributed by atoms with Crippen LogP contribution in [0.3, 0.4) is 0 Å². The van der Waals surface area contributed by atoms with E-state index < -0.39 is 15.8 Å². The number of amides is 1. The number of thiazole rings is 1. The maximum atomic E-state index is 13.6. The Morgan fingerprint density at radius 3 is 2.90 bits per heavy atom. The highest BCUT2D eigenvalue weighted by molar-refractivity contribution is 7.89. The van der Waals surface area contributed by atoms with E-state index in [1.807, 2.05) is 0 Å². The number of primary sulfonamides is 1. The molecule has 112 valence electrons. The molecule has 1 aliphatic heterocycles. The summed E-state index contributed by atoms with van der Waals surface area (Å²) in [6.45, 7) is 0.233. The van der Waals surface area contributed by atoms with Gasteiger partial charge in [-0.25, -0.2) is 22.9 Å². The first-order valence-electron chi connectivity index (χ1n) is 6.19. The zero-order chi connectivity index (χ0) is 15.2. The molecule has 21 heavy (non-hydrogen) atoms. The number of fused-ring (bicyclic) bond motifs is 1. The molecule has 1 aliphatic rings. The fourth-order valence-corrected chi connectivity index (χ4v) is 4.31. The predicted octanol–water partition coefficient (Wildman–Crippen LogP) is 1.08. The largest absolute Gasteiger partial charge is 0.288 e. The van der Waals surface area contributed by atoms with E-state index in [1.165, 1.54) is 22.3 Å². The molecular formula is C12H12FN3O3S2. The topological polar surface area (TPSA) is 93.4 Å². The van der Waals surface area contributed by atoms with Gasteiger partial charge in [-0.05, 0) is 12.1 Å². The highest BCUT2D eigenvalue weighted by atomic mass is 32.2. The molecule has 0 aliphatic carbocycles. The van der Waals surface area contributed by atoms with Crippen molar-refractivity contribution < 1.29 is 17.6 Å². The molecular weight excluding hydrogens is 317 g/mol. The number of aromatic nitrogens is 1. The Morgan fingerprint density at radius 2 is 2.24 bits per heavy atom. The summed E-state index contributed by atoms with van der Waals surface area (Å²) in [5.41, 5.74) is 0.222. The Kier molecular flexibility index (Phi) is 3.42. The predicted molar refractivity (Wildman–Crippen MR) is 78.0 cm³/mol. The van der Waals surface area contributed by atoms with Crippen LogP contribution in [0.4, 0.5) is 9.52 Å². The summed E-state index contributed by atoms with van der Waals surface area (Å²) in [5, 5.41) is 5.39. The first kappa shape index (κ1) is 14.4. The maximum absolute atomic E-state index is 13.6. The molecule has 2 N–H and O–H groups in total. The van der Waals surface area contributed by atoms with Crippen LogP contribution < -0.4 is 10.0 Å².